The first-order valence-corrected chi connectivity index (χ1v) is 6.71. The van der Waals surface area contributed by atoms with Gasteiger partial charge in [-0.3, -0.25) is 0 Å². The van der Waals surface area contributed by atoms with Crippen molar-refractivity contribution in [2.24, 2.45) is 0 Å². The van der Waals surface area contributed by atoms with Gasteiger partial charge in [0.25, 0.3) is 0 Å². The van der Waals surface area contributed by atoms with Crippen LogP contribution in [-0.4, -0.2) is 13.2 Å². The summed E-state index contributed by atoms with van der Waals surface area (Å²) >= 11 is 0. The van der Waals surface area contributed by atoms with Crippen LogP contribution < -0.4 is 5.23 Å². The molecular weight excluding hydrogens is 238 g/mol. The number of para-hydroxylation sites is 1. The van der Waals surface area contributed by atoms with E-state index in [0.717, 1.165) is 31.4 Å². The number of hydrogen-bond donors (Lipinski definition) is 0. The first-order chi connectivity index (χ1) is 9.38. The summed E-state index contributed by atoms with van der Waals surface area (Å²) in [6, 6.07) is 9.81. The predicted molar refractivity (Wildman–Crippen MR) is 79.7 cm³/mol. The third-order valence-electron chi connectivity index (χ3n) is 2.49. The summed E-state index contributed by atoms with van der Waals surface area (Å²) < 4.78 is 0. The van der Waals surface area contributed by atoms with Gasteiger partial charge in [0.05, 0.1) is 18.9 Å². The highest BCUT2D eigenvalue weighted by atomic mass is 16.9. The van der Waals surface area contributed by atoms with Crippen molar-refractivity contribution >= 4 is 5.69 Å². The van der Waals surface area contributed by atoms with Crippen LogP contribution in [0.2, 0.25) is 0 Å². The predicted octanol–water partition coefficient (Wildman–Crippen LogP) is 4.29. The Morgan fingerprint density at radius 2 is 1.42 bits per heavy atom. The summed E-state index contributed by atoms with van der Waals surface area (Å²) in [7, 11) is 0. The average molecular weight is 261 g/mol. The van der Waals surface area contributed by atoms with Crippen molar-refractivity contribution < 1.29 is 9.68 Å². The van der Waals surface area contributed by atoms with E-state index in [2.05, 4.69) is 13.2 Å². The molecule has 0 heterocycles. The van der Waals surface area contributed by atoms with E-state index in [1.165, 1.54) is 5.23 Å². The van der Waals surface area contributed by atoms with Crippen LogP contribution in [0.1, 0.15) is 25.7 Å². The van der Waals surface area contributed by atoms with Crippen LogP contribution >= 0.6 is 0 Å². The van der Waals surface area contributed by atoms with Crippen molar-refractivity contribution in [2.75, 3.05) is 18.4 Å². The van der Waals surface area contributed by atoms with E-state index in [4.69, 9.17) is 9.68 Å². The minimum Gasteiger partial charge on any atom is -0.249 e. The second kappa shape index (κ2) is 10.4. The molecule has 0 atom stereocenters. The fourth-order valence-electron chi connectivity index (χ4n) is 1.49. The molecule has 0 saturated carbocycles. The maximum atomic E-state index is 5.65. The van der Waals surface area contributed by atoms with Crippen LogP contribution in [0.4, 0.5) is 5.69 Å². The number of hydrogen-bond acceptors (Lipinski definition) is 3. The van der Waals surface area contributed by atoms with E-state index >= 15 is 0 Å². The molecule has 3 heteroatoms. The van der Waals surface area contributed by atoms with Gasteiger partial charge < -0.3 is 0 Å². The maximum Gasteiger partial charge on any atom is 0.0947 e. The van der Waals surface area contributed by atoms with Crippen LogP contribution in [0, 0.1) is 0 Å². The Balaban J connectivity index is 2.43. The molecule has 19 heavy (non-hydrogen) atoms. The molecule has 0 unspecified atom stereocenters. The lowest BCUT2D eigenvalue weighted by molar-refractivity contribution is -0.0905. The number of rotatable bonds is 11. The number of unbranched alkanes of at least 4 members (excludes halogenated alkanes) is 2. The molecule has 1 rings (SSSR count). The molecule has 0 aliphatic rings. The molecule has 0 aromatic heterocycles. The molecule has 0 radical (unpaired) electrons. The zero-order valence-electron chi connectivity index (χ0n) is 11.5. The Morgan fingerprint density at radius 3 is 1.89 bits per heavy atom. The molecule has 0 aliphatic carbocycles. The quantitative estimate of drug-likeness (QED) is 0.337. The first-order valence-electron chi connectivity index (χ1n) is 6.71. The molecule has 104 valence electrons. The number of anilines is 1. The summed E-state index contributed by atoms with van der Waals surface area (Å²) in [6.45, 7) is 8.62. The summed E-state index contributed by atoms with van der Waals surface area (Å²) in [6.07, 6.45) is 7.53. The highest BCUT2D eigenvalue weighted by Gasteiger charge is 2.07. The molecule has 0 bridgehead atoms. The molecule has 0 N–H and O–H groups in total. The molecular formula is C16H23NO2. The van der Waals surface area contributed by atoms with E-state index in [0.29, 0.717) is 13.2 Å². The number of benzene rings is 1. The van der Waals surface area contributed by atoms with Crippen molar-refractivity contribution in [3.8, 4) is 0 Å². The van der Waals surface area contributed by atoms with Crippen LogP contribution in [-0.2, 0) is 9.68 Å². The summed E-state index contributed by atoms with van der Waals surface area (Å²) in [5, 5.41) is 1.51. The number of nitrogens with zero attached hydrogens (tertiary/aromatic N) is 1. The van der Waals surface area contributed by atoms with Gasteiger partial charge >= 0.3 is 0 Å². The molecule has 0 fully saturated rings. The van der Waals surface area contributed by atoms with Gasteiger partial charge in [-0.25, -0.2) is 9.68 Å². The van der Waals surface area contributed by atoms with E-state index in [1.54, 1.807) is 0 Å². The minimum absolute atomic E-state index is 0.613. The average Bonchev–Trinajstić information content (AvgIpc) is 2.46. The molecule has 1 aromatic carbocycles. The Morgan fingerprint density at radius 1 is 0.895 bits per heavy atom. The summed E-state index contributed by atoms with van der Waals surface area (Å²) in [5.74, 6) is 0. The summed E-state index contributed by atoms with van der Waals surface area (Å²) in [4.78, 5) is 11.3. The lowest BCUT2D eigenvalue weighted by Crippen LogP contribution is -2.25. The largest absolute Gasteiger partial charge is 0.249 e. The lowest BCUT2D eigenvalue weighted by Gasteiger charge is -2.22. The maximum absolute atomic E-state index is 5.65. The molecule has 0 amide bonds. The Kier molecular flexibility index (Phi) is 8.43. The first kappa shape index (κ1) is 15.5. The van der Waals surface area contributed by atoms with Gasteiger partial charge in [-0.1, -0.05) is 30.4 Å². The van der Waals surface area contributed by atoms with Crippen LogP contribution in [0.5, 0.6) is 0 Å². The van der Waals surface area contributed by atoms with Gasteiger partial charge in [0, 0.05) is 0 Å². The van der Waals surface area contributed by atoms with Gasteiger partial charge in [-0.2, -0.15) is 0 Å². The van der Waals surface area contributed by atoms with Crippen molar-refractivity contribution in [3.05, 3.63) is 55.6 Å². The minimum atomic E-state index is 0.613. The van der Waals surface area contributed by atoms with Gasteiger partial charge in [-0.05, 0) is 37.8 Å². The molecule has 1 aromatic rings. The molecule has 0 saturated heterocycles. The number of allylic oxidation sites excluding steroid dienone is 2. The van der Waals surface area contributed by atoms with E-state index in [-0.39, 0.29) is 0 Å². The van der Waals surface area contributed by atoms with Crippen LogP contribution in [0.25, 0.3) is 0 Å². The normalized spacial score (nSPS) is 10.1. The fourth-order valence-corrected chi connectivity index (χ4v) is 1.49. The SMILES string of the molecule is C=CCCCON(OCCCC=C)c1ccccc1. The van der Waals surface area contributed by atoms with Gasteiger partial charge in [-0.15, -0.1) is 18.4 Å². The van der Waals surface area contributed by atoms with Crippen molar-refractivity contribution in [2.45, 2.75) is 25.7 Å². The van der Waals surface area contributed by atoms with Gasteiger partial charge in [0.2, 0.25) is 0 Å². The topological polar surface area (TPSA) is 21.7 Å². The Hall–Kier alpha value is -1.58. The second-order valence-corrected chi connectivity index (χ2v) is 4.12. The third-order valence-corrected chi connectivity index (χ3v) is 2.49. The highest BCUT2D eigenvalue weighted by molar-refractivity contribution is 5.40. The van der Waals surface area contributed by atoms with Crippen molar-refractivity contribution in [1.82, 2.24) is 0 Å². The van der Waals surface area contributed by atoms with E-state index < -0.39 is 0 Å². The second-order valence-electron chi connectivity index (χ2n) is 4.12. The fraction of sp³-hybridized carbons (Fsp3) is 0.375. The zero-order valence-corrected chi connectivity index (χ0v) is 11.5. The molecule has 3 nitrogen and oxygen atoms in total. The highest BCUT2D eigenvalue weighted by Crippen LogP contribution is 2.15. The summed E-state index contributed by atoms with van der Waals surface area (Å²) in [5.41, 5.74) is 0.903. The van der Waals surface area contributed by atoms with E-state index in [9.17, 15) is 0 Å². The Bertz CT molecular complexity index is 335. The Labute approximate surface area is 116 Å². The molecule has 0 aliphatic heterocycles. The van der Waals surface area contributed by atoms with Crippen LogP contribution in [0.15, 0.2) is 55.6 Å². The lowest BCUT2D eigenvalue weighted by atomic mass is 10.3. The standard InChI is InChI=1S/C16H23NO2/c1-3-5-10-14-18-17(19-15-11-6-4-2)16-12-8-7-9-13-16/h3-4,7-9,12-13H,1-2,5-6,10-11,14-15H2. The van der Waals surface area contributed by atoms with Gasteiger partial charge in [0.15, 0.2) is 0 Å². The molecule has 0 spiro atoms. The zero-order chi connectivity index (χ0) is 13.8. The monoisotopic (exact) mass is 261 g/mol. The van der Waals surface area contributed by atoms with Crippen LogP contribution in [0.3, 0.4) is 0 Å². The smallest absolute Gasteiger partial charge is 0.0947 e. The van der Waals surface area contributed by atoms with Crippen molar-refractivity contribution in [1.29, 1.82) is 0 Å². The van der Waals surface area contributed by atoms with Gasteiger partial charge in [0.1, 0.15) is 0 Å². The van der Waals surface area contributed by atoms with E-state index in [1.807, 2.05) is 42.5 Å². The van der Waals surface area contributed by atoms with Crippen molar-refractivity contribution in [3.63, 3.8) is 0 Å². The third kappa shape index (κ3) is 6.79.